The summed E-state index contributed by atoms with van der Waals surface area (Å²) in [5, 5.41) is 4.17. The van der Waals surface area contributed by atoms with Crippen molar-refractivity contribution in [1.82, 2.24) is 9.78 Å². The van der Waals surface area contributed by atoms with E-state index in [4.69, 9.17) is 10.5 Å². The number of rotatable bonds is 3. The molecule has 0 aliphatic heterocycles. The first kappa shape index (κ1) is 8.56. The van der Waals surface area contributed by atoms with Gasteiger partial charge < -0.3 is 10.5 Å². The van der Waals surface area contributed by atoms with E-state index >= 15 is 0 Å². The second kappa shape index (κ2) is 3.38. The van der Waals surface area contributed by atoms with Gasteiger partial charge in [0, 0.05) is 6.61 Å². The van der Waals surface area contributed by atoms with Crippen LogP contribution in [0.15, 0.2) is 12.3 Å². The average Bonchev–Trinajstić information content (AvgIpc) is 2.43. The van der Waals surface area contributed by atoms with Gasteiger partial charge in [0.2, 0.25) is 0 Å². The highest BCUT2D eigenvalue weighted by Gasteiger charge is 2.32. The summed E-state index contributed by atoms with van der Waals surface area (Å²) in [7, 11) is 0. The monoisotopic (exact) mass is 181 g/mol. The van der Waals surface area contributed by atoms with Crippen molar-refractivity contribution < 1.29 is 4.74 Å². The molecule has 72 valence electrons. The zero-order chi connectivity index (χ0) is 9.26. The number of nitrogen functional groups attached to an aromatic ring is 1. The van der Waals surface area contributed by atoms with Crippen LogP contribution in [0.2, 0.25) is 0 Å². The Morgan fingerprint density at radius 1 is 1.69 bits per heavy atom. The number of hydrogen-bond acceptors (Lipinski definition) is 3. The molecule has 2 N–H and O–H groups in total. The number of aromatic nitrogens is 2. The van der Waals surface area contributed by atoms with Crippen LogP contribution in [0.4, 0.5) is 5.82 Å². The third kappa shape index (κ3) is 1.54. The van der Waals surface area contributed by atoms with E-state index in [0.717, 1.165) is 25.3 Å². The van der Waals surface area contributed by atoms with E-state index in [1.807, 2.05) is 17.7 Å². The Morgan fingerprint density at radius 3 is 3.00 bits per heavy atom. The second-order valence-electron chi connectivity index (χ2n) is 3.40. The van der Waals surface area contributed by atoms with Gasteiger partial charge in [0.15, 0.2) is 0 Å². The van der Waals surface area contributed by atoms with E-state index in [9.17, 15) is 0 Å². The predicted molar refractivity (Wildman–Crippen MR) is 50.3 cm³/mol. The van der Waals surface area contributed by atoms with E-state index in [1.54, 1.807) is 6.20 Å². The molecule has 0 amide bonds. The number of ether oxygens (including phenoxy) is 1. The van der Waals surface area contributed by atoms with E-state index in [2.05, 4.69) is 5.10 Å². The lowest BCUT2D eigenvalue weighted by Crippen LogP contribution is -2.34. The molecule has 1 aliphatic rings. The average molecular weight is 181 g/mol. The van der Waals surface area contributed by atoms with Gasteiger partial charge in [-0.2, -0.15) is 5.10 Å². The van der Waals surface area contributed by atoms with E-state index < -0.39 is 0 Å². The minimum absolute atomic E-state index is 0.415. The number of hydrogen-bond donors (Lipinski definition) is 1. The Bertz CT molecular complexity index is 278. The highest BCUT2D eigenvalue weighted by Crippen LogP contribution is 2.35. The Labute approximate surface area is 77.7 Å². The molecular weight excluding hydrogens is 166 g/mol. The first-order valence-corrected chi connectivity index (χ1v) is 4.72. The van der Waals surface area contributed by atoms with Gasteiger partial charge in [-0.25, -0.2) is 4.68 Å². The van der Waals surface area contributed by atoms with Crippen molar-refractivity contribution in [3.63, 3.8) is 0 Å². The highest BCUT2D eigenvalue weighted by atomic mass is 16.5. The van der Waals surface area contributed by atoms with Crippen molar-refractivity contribution in [2.75, 3.05) is 12.3 Å². The van der Waals surface area contributed by atoms with Crippen LogP contribution >= 0.6 is 0 Å². The van der Waals surface area contributed by atoms with Crippen molar-refractivity contribution in [3.8, 4) is 0 Å². The summed E-state index contributed by atoms with van der Waals surface area (Å²) in [6, 6.07) is 2.28. The van der Waals surface area contributed by atoms with Crippen LogP contribution in [0, 0.1) is 0 Å². The molecule has 1 aromatic rings. The van der Waals surface area contributed by atoms with Gasteiger partial charge in [-0.15, -0.1) is 0 Å². The number of nitrogens with zero attached hydrogens (tertiary/aromatic N) is 2. The summed E-state index contributed by atoms with van der Waals surface area (Å²) in [6.07, 6.45) is 4.24. The maximum Gasteiger partial charge on any atom is 0.121 e. The quantitative estimate of drug-likeness (QED) is 0.762. The van der Waals surface area contributed by atoms with Gasteiger partial charge >= 0.3 is 0 Å². The topological polar surface area (TPSA) is 53.1 Å². The van der Waals surface area contributed by atoms with Crippen molar-refractivity contribution in [2.24, 2.45) is 0 Å². The molecule has 4 heteroatoms. The minimum Gasteiger partial charge on any atom is -0.384 e. The number of anilines is 1. The van der Waals surface area contributed by atoms with Crippen LogP contribution in [0.3, 0.4) is 0 Å². The van der Waals surface area contributed by atoms with Crippen molar-refractivity contribution in [2.45, 2.75) is 31.9 Å². The van der Waals surface area contributed by atoms with Crippen molar-refractivity contribution >= 4 is 5.82 Å². The number of nitrogens with two attached hydrogens (primary N) is 1. The summed E-state index contributed by atoms with van der Waals surface area (Å²) >= 11 is 0. The van der Waals surface area contributed by atoms with E-state index in [-0.39, 0.29) is 0 Å². The third-order valence-corrected chi connectivity index (χ3v) is 2.52. The molecule has 0 saturated heterocycles. The lowest BCUT2D eigenvalue weighted by Gasteiger charge is -2.35. The molecule has 1 fully saturated rings. The molecule has 1 saturated carbocycles. The Hall–Kier alpha value is -1.03. The third-order valence-electron chi connectivity index (χ3n) is 2.52. The van der Waals surface area contributed by atoms with Gasteiger partial charge in [-0.3, -0.25) is 0 Å². The first-order valence-electron chi connectivity index (χ1n) is 4.72. The van der Waals surface area contributed by atoms with Gasteiger partial charge in [-0.05, 0) is 25.8 Å². The molecule has 13 heavy (non-hydrogen) atoms. The van der Waals surface area contributed by atoms with Crippen LogP contribution < -0.4 is 5.73 Å². The molecular formula is C9H15N3O. The summed E-state index contributed by atoms with van der Waals surface area (Å²) in [5.74, 6) is 0.750. The van der Waals surface area contributed by atoms with Crippen LogP contribution in [0.1, 0.15) is 25.8 Å². The molecule has 0 unspecified atom stereocenters. The fourth-order valence-corrected chi connectivity index (χ4v) is 1.74. The molecule has 4 nitrogen and oxygen atoms in total. The van der Waals surface area contributed by atoms with Crippen LogP contribution in [-0.2, 0) is 4.74 Å². The van der Waals surface area contributed by atoms with Gasteiger partial charge in [-0.1, -0.05) is 0 Å². The lowest BCUT2D eigenvalue weighted by molar-refractivity contribution is -0.0221. The maximum absolute atomic E-state index is 5.73. The lowest BCUT2D eigenvalue weighted by atomic mass is 9.89. The molecule has 1 aliphatic carbocycles. The van der Waals surface area contributed by atoms with Crippen LogP contribution in [0.5, 0.6) is 0 Å². The molecule has 1 heterocycles. The second-order valence-corrected chi connectivity index (χ2v) is 3.40. The van der Waals surface area contributed by atoms with Crippen molar-refractivity contribution in [3.05, 3.63) is 12.3 Å². The highest BCUT2D eigenvalue weighted by molar-refractivity contribution is 5.27. The van der Waals surface area contributed by atoms with E-state index in [1.165, 1.54) is 0 Å². The molecule has 0 bridgehead atoms. The predicted octanol–water partition coefficient (Wildman–Crippen LogP) is 1.21. The van der Waals surface area contributed by atoms with Crippen LogP contribution in [0.25, 0.3) is 0 Å². The van der Waals surface area contributed by atoms with Gasteiger partial charge in [0.05, 0.1) is 18.3 Å². The summed E-state index contributed by atoms with van der Waals surface area (Å²) in [4.78, 5) is 0. The summed E-state index contributed by atoms with van der Waals surface area (Å²) in [5.41, 5.74) is 5.73. The standard InChI is InChI=1S/C9H15N3O/c1-2-13-8-5-7(6-8)12-9(10)3-4-11-12/h3-4,7-8H,2,5-6,10H2,1H3. The van der Waals surface area contributed by atoms with Gasteiger partial charge in [0.25, 0.3) is 0 Å². The minimum atomic E-state index is 0.415. The molecule has 0 spiro atoms. The normalized spacial score (nSPS) is 27.2. The molecule has 0 radical (unpaired) electrons. The zero-order valence-electron chi connectivity index (χ0n) is 7.81. The Morgan fingerprint density at radius 2 is 2.46 bits per heavy atom. The summed E-state index contributed by atoms with van der Waals surface area (Å²) in [6.45, 7) is 2.82. The fourth-order valence-electron chi connectivity index (χ4n) is 1.74. The first-order chi connectivity index (χ1) is 6.31. The molecule has 0 aromatic carbocycles. The van der Waals surface area contributed by atoms with Crippen molar-refractivity contribution in [1.29, 1.82) is 0 Å². The van der Waals surface area contributed by atoms with Crippen LogP contribution in [-0.4, -0.2) is 22.5 Å². The Kier molecular flexibility index (Phi) is 2.22. The fraction of sp³-hybridized carbons (Fsp3) is 0.667. The van der Waals surface area contributed by atoms with E-state index in [0.29, 0.717) is 12.1 Å². The maximum atomic E-state index is 5.73. The summed E-state index contributed by atoms with van der Waals surface area (Å²) < 4.78 is 7.35. The molecule has 0 atom stereocenters. The molecule has 1 aromatic heterocycles. The SMILES string of the molecule is CCOC1CC(n2nccc2N)C1. The van der Waals surface area contributed by atoms with Gasteiger partial charge in [0.1, 0.15) is 5.82 Å². The largest absolute Gasteiger partial charge is 0.384 e. The zero-order valence-corrected chi connectivity index (χ0v) is 7.81. The molecule has 2 rings (SSSR count). The smallest absolute Gasteiger partial charge is 0.121 e. The Balaban J connectivity index is 1.90.